The largest absolute Gasteiger partial charge is 0.472 e. The maximum atomic E-state index is 13.1. The van der Waals surface area contributed by atoms with Crippen LogP contribution in [-0.4, -0.2) is 96.7 Å². The number of hydrogen-bond donors (Lipinski definition) is 3. The van der Waals surface area contributed by atoms with Gasteiger partial charge in [0, 0.05) is 25.7 Å². The average molecular weight is 1400 g/mol. The number of ether oxygens (including phenoxy) is 4. The molecule has 0 saturated carbocycles. The number of phosphoric ester groups is 2. The third kappa shape index (κ3) is 69.0. The van der Waals surface area contributed by atoms with Gasteiger partial charge in [-0.2, -0.15) is 0 Å². The number of carbonyl (C=O) groups is 4. The summed E-state index contributed by atoms with van der Waals surface area (Å²) in [5.41, 5.74) is 0. The highest BCUT2D eigenvalue weighted by atomic mass is 31.2. The number of esters is 4. The molecule has 0 aromatic heterocycles. The van der Waals surface area contributed by atoms with Crippen molar-refractivity contribution >= 4 is 39.5 Å². The van der Waals surface area contributed by atoms with Crippen molar-refractivity contribution in [3.63, 3.8) is 0 Å². The fourth-order valence-electron chi connectivity index (χ4n) is 10.4. The lowest BCUT2D eigenvalue weighted by Crippen LogP contribution is -2.30. The molecule has 0 saturated heterocycles. The summed E-state index contributed by atoms with van der Waals surface area (Å²) >= 11 is 0. The summed E-state index contributed by atoms with van der Waals surface area (Å²) in [6.07, 6.45) is 68.9. The standard InChI is InChI=1S/C77H138O17P2/c1-5-9-13-17-21-25-29-32-34-35-37-39-43-46-50-54-58-62-75(80)88-68-73(94-77(82)64-60-56-52-48-44-40-36-33-30-26-22-18-14-10-6-2)70-92-96(85,86)90-66-71(78)65-89-95(83,84)91-69-72(93-76(81)63-59-55-51-47-41-28-24-20-16-12-8-4)67-87-74(79)61-57-53-49-45-42-38-31-27-23-19-15-11-7-3/h9,13,21-22,25-26,32-34,36-37,39,71-73,78H,5-8,10-12,14-20,23-24,27-31,35,38,40-70H2,1-4H3,(H,83,84)(H,85,86)/b13-9-,25-21-,26-22-,34-32-,36-33-,39-37-. The number of aliphatic hydroxyl groups excluding tert-OH is 1. The Morgan fingerprint density at radius 3 is 0.854 bits per heavy atom. The van der Waals surface area contributed by atoms with Gasteiger partial charge in [-0.1, -0.05) is 287 Å². The lowest BCUT2D eigenvalue weighted by molar-refractivity contribution is -0.161. The highest BCUT2D eigenvalue weighted by Gasteiger charge is 2.30. The van der Waals surface area contributed by atoms with Crippen LogP contribution in [-0.2, 0) is 65.4 Å². The first-order chi connectivity index (χ1) is 46.7. The third-order valence-corrected chi connectivity index (χ3v) is 18.1. The second kappa shape index (κ2) is 70.0. The maximum Gasteiger partial charge on any atom is 0.472 e. The van der Waals surface area contributed by atoms with Crippen molar-refractivity contribution in [1.82, 2.24) is 0 Å². The first kappa shape index (κ1) is 92.5. The Balaban J connectivity index is 5.33. The molecule has 0 aliphatic carbocycles. The number of aliphatic hydroxyl groups is 1. The van der Waals surface area contributed by atoms with Crippen molar-refractivity contribution in [1.29, 1.82) is 0 Å². The number of phosphoric acid groups is 2. The molecule has 0 aliphatic heterocycles. The van der Waals surface area contributed by atoms with E-state index in [9.17, 15) is 43.2 Å². The van der Waals surface area contributed by atoms with E-state index < -0.39 is 97.5 Å². The Hall–Kier alpha value is -3.50. The van der Waals surface area contributed by atoms with Crippen LogP contribution in [0.15, 0.2) is 72.9 Å². The SMILES string of the molecule is CC/C=C\C/C=C\C/C=C\C/C=C\CCCCCCC(=O)OCC(COP(=O)(O)OCC(O)COP(=O)(O)OCC(COC(=O)CCCCCCCCCCCCCCC)OC(=O)CCCCCCCCCCCCC)OC(=O)CCCCCCC/C=C\C/C=C\CCCCC. The quantitative estimate of drug-likeness (QED) is 0.0169. The monoisotopic (exact) mass is 1400 g/mol. The molecular formula is C77H138O17P2. The molecule has 5 atom stereocenters. The van der Waals surface area contributed by atoms with Crippen molar-refractivity contribution in [2.75, 3.05) is 39.6 Å². The van der Waals surface area contributed by atoms with Crippen LogP contribution >= 0.6 is 15.6 Å². The summed E-state index contributed by atoms with van der Waals surface area (Å²) in [6, 6.07) is 0. The van der Waals surface area contributed by atoms with E-state index in [1.165, 1.54) is 116 Å². The molecule has 5 unspecified atom stereocenters. The fourth-order valence-corrected chi connectivity index (χ4v) is 11.9. The zero-order valence-electron chi connectivity index (χ0n) is 60.8. The Kier molecular flexibility index (Phi) is 67.4. The molecule has 0 aliphatic rings. The van der Waals surface area contributed by atoms with Crippen LogP contribution in [0.25, 0.3) is 0 Å². The molecule has 96 heavy (non-hydrogen) atoms. The van der Waals surface area contributed by atoms with Gasteiger partial charge in [-0.25, -0.2) is 9.13 Å². The summed E-state index contributed by atoms with van der Waals surface area (Å²) in [4.78, 5) is 72.8. The first-order valence-corrected chi connectivity index (χ1v) is 41.2. The van der Waals surface area contributed by atoms with Gasteiger partial charge in [0.2, 0.25) is 0 Å². The van der Waals surface area contributed by atoms with Crippen LogP contribution in [0, 0.1) is 0 Å². The number of hydrogen-bond acceptors (Lipinski definition) is 15. The lowest BCUT2D eigenvalue weighted by Gasteiger charge is -2.21. The molecule has 3 N–H and O–H groups in total. The summed E-state index contributed by atoms with van der Waals surface area (Å²) in [5.74, 6) is -2.19. The zero-order chi connectivity index (χ0) is 70.4. The van der Waals surface area contributed by atoms with Gasteiger partial charge < -0.3 is 33.8 Å². The summed E-state index contributed by atoms with van der Waals surface area (Å²) in [5, 5.41) is 10.6. The zero-order valence-corrected chi connectivity index (χ0v) is 62.6. The van der Waals surface area contributed by atoms with Gasteiger partial charge in [-0.3, -0.25) is 37.3 Å². The van der Waals surface area contributed by atoms with Gasteiger partial charge >= 0.3 is 39.5 Å². The Morgan fingerprint density at radius 2 is 0.542 bits per heavy atom. The molecule has 0 amide bonds. The molecule has 0 bridgehead atoms. The number of unbranched alkanes of at least 4 members (excludes halogenated alkanes) is 34. The summed E-state index contributed by atoms with van der Waals surface area (Å²) in [7, 11) is -9.94. The number of carbonyl (C=O) groups excluding carboxylic acids is 4. The Labute approximate surface area is 583 Å². The van der Waals surface area contributed by atoms with Gasteiger partial charge in [0.05, 0.1) is 26.4 Å². The van der Waals surface area contributed by atoms with E-state index in [1.54, 1.807) is 0 Å². The maximum absolute atomic E-state index is 13.1. The minimum absolute atomic E-state index is 0.0755. The normalized spacial score (nSPS) is 14.4. The number of rotatable bonds is 72. The highest BCUT2D eigenvalue weighted by Crippen LogP contribution is 2.45. The summed E-state index contributed by atoms with van der Waals surface area (Å²) in [6.45, 7) is 4.72. The van der Waals surface area contributed by atoms with Crippen LogP contribution in [0.3, 0.4) is 0 Å². The van der Waals surface area contributed by atoms with Crippen LogP contribution in [0.4, 0.5) is 0 Å². The van der Waals surface area contributed by atoms with E-state index in [1.807, 2.05) is 0 Å². The molecule has 0 spiro atoms. The predicted octanol–water partition coefficient (Wildman–Crippen LogP) is 21.7. The van der Waals surface area contributed by atoms with Crippen LogP contribution < -0.4 is 0 Å². The molecule has 0 aromatic carbocycles. The van der Waals surface area contributed by atoms with Crippen LogP contribution in [0.5, 0.6) is 0 Å². The molecule has 0 radical (unpaired) electrons. The Bertz CT molecular complexity index is 2110. The van der Waals surface area contributed by atoms with Crippen molar-refractivity contribution in [3.8, 4) is 0 Å². The van der Waals surface area contributed by atoms with Crippen LogP contribution in [0.2, 0.25) is 0 Å². The van der Waals surface area contributed by atoms with E-state index in [-0.39, 0.29) is 25.7 Å². The van der Waals surface area contributed by atoms with Crippen molar-refractivity contribution in [3.05, 3.63) is 72.9 Å². The molecule has 558 valence electrons. The topological polar surface area (TPSA) is 237 Å². The van der Waals surface area contributed by atoms with E-state index in [0.29, 0.717) is 25.7 Å². The van der Waals surface area contributed by atoms with Crippen molar-refractivity contribution in [2.24, 2.45) is 0 Å². The van der Waals surface area contributed by atoms with Gasteiger partial charge in [-0.05, 0) is 96.3 Å². The Morgan fingerprint density at radius 1 is 0.302 bits per heavy atom. The molecule has 0 fully saturated rings. The van der Waals surface area contributed by atoms with Crippen LogP contribution in [0.1, 0.15) is 336 Å². The minimum Gasteiger partial charge on any atom is -0.462 e. The highest BCUT2D eigenvalue weighted by molar-refractivity contribution is 7.47. The van der Waals surface area contributed by atoms with E-state index in [2.05, 4.69) is 101 Å². The smallest absolute Gasteiger partial charge is 0.462 e. The average Bonchev–Trinajstić information content (AvgIpc) is 2.18. The molecule has 0 rings (SSSR count). The van der Waals surface area contributed by atoms with Gasteiger partial charge in [0.25, 0.3) is 0 Å². The predicted molar refractivity (Wildman–Crippen MR) is 390 cm³/mol. The number of allylic oxidation sites excluding steroid dienone is 12. The lowest BCUT2D eigenvalue weighted by atomic mass is 10.0. The van der Waals surface area contributed by atoms with Crippen molar-refractivity contribution < 1.29 is 80.2 Å². The molecule has 19 heteroatoms. The molecular weight excluding hydrogens is 1260 g/mol. The van der Waals surface area contributed by atoms with Crippen molar-refractivity contribution in [2.45, 2.75) is 354 Å². The third-order valence-electron chi connectivity index (χ3n) is 16.2. The van der Waals surface area contributed by atoms with Gasteiger partial charge in [0.15, 0.2) is 12.2 Å². The molecule has 0 heterocycles. The first-order valence-electron chi connectivity index (χ1n) is 38.2. The second-order valence-electron chi connectivity index (χ2n) is 25.6. The minimum atomic E-state index is -4.98. The summed E-state index contributed by atoms with van der Waals surface area (Å²) < 4.78 is 68.4. The van der Waals surface area contributed by atoms with E-state index >= 15 is 0 Å². The molecule has 17 nitrogen and oxygen atoms in total. The second-order valence-corrected chi connectivity index (χ2v) is 28.5. The van der Waals surface area contributed by atoms with Gasteiger partial charge in [0.1, 0.15) is 19.3 Å². The van der Waals surface area contributed by atoms with E-state index in [0.717, 1.165) is 141 Å². The van der Waals surface area contributed by atoms with Gasteiger partial charge in [-0.15, -0.1) is 0 Å². The van der Waals surface area contributed by atoms with E-state index in [4.69, 9.17) is 37.0 Å². The molecule has 0 aromatic rings. The fraction of sp³-hybridized carbons (Fsp3) is 0.792.